The number of rotatable bonds is 4. The van der Waals surface area contributed by atoms with E-state index in [1.807, 2.05) is 17.0 Å². The van der Waals surface area contributed by atoms with Gasteiger partial charge < -0.3 is 14.4 Å². The van der Waals surface area contributed by atoms with Gasteiger partial charge in [0.1, 0.15) is 6.54 Å². The van der Waals surface area contributed by atoms with E-state index >= 15 is 0 Å². The van der Waals surface area contributed by atoms with E-state index in [9.17, 15) is 4.79 Å². The maximum Gasteiger partial charge on any atom is 0.246 e. The number of fused-ring (bicyclic) bond motifs is 1. The zero-order chi connectivity index (χ0) is 16.4. The van der Waals surface area contributed by atoms with Gasteiger partial charge in [-0.3, -0.25) is 9.69 Å². The van der Waals surface area contributed by atoms with E-state index in [4.69, 9.17) is 9.47 Å². The number of amides is 1. The number of hydrogen-bond donors (Lipinski definition) is 0. The van der Waals surface area contributed by atoms with E-state index in [2.05, 4.69) is 21.2 Å². The molecule has 2 aliphatic heterocycles. The topological polar surface area (TPSA) is 72.7 Å². The predicted octanol–water partition coefficient (Wildman–Crippen LogP) is 0.351. The van der Waals surface area contributed by atoms with E-state index in [0.717, 1.165) is 44.2 Å². The fourth-order valence-corrected chi connectivity index (χ4v) is 3.00. The molecule has 4 rings (SSSR count). The van der Waals surface area contributed by atoms with Gasteiger partial charge in [0, 0.05) is 32.7 Å². The standard InChI is InChI=1S/C16H19N5O3/c22-16(11-21-17-3-4-18-21)20-7-5-19(6-8-20)10-13-1-2-14-15(9-13)24-12-23-14/h1-4,9H,5-8,10-12H2. The molecular formula is C16H19N5O3. The molecule has 1 saturated heterocycles. The molecule has 3 heterocycles. The van der Waals surface area contributed by atoms with Crippen molar-refractivity contribution >= 4 is 5.91 Å². The van der Waals surface area contributed by atoms with E-state index in [0.29, 0.717) is 6.79 Å². The summed E-state index contributed by atoms with van der Waals surface area (Å²) in [5.74, 6) is 1.68. The number of benzene rings is 1. The van der Waals surface area contributed by atoms with Crippen LogP contribution in [0.5, 0.6) is 11.5 Å². The maximum atomic E-state index is 12.2. The molecule has 1 aromatic carbocycles. The minimum absolute atomic E-state index is 0.0638. The fourth-order valence-electron chi connectivity index (χ4n) is 3.00. The van der Waals surface area contributed by atoms with Crippen molar-refractivity contribution in [3.63, 3.8) is 0 Å². The molecule has 0 N–H and O–H groups in total. The number of aromatic nitrogens is 3. The number of piperazine rings is 1. The SMILES string of the molecule is O=C(Cn1nccn1)N1CCN(Cc2ccc3c(c2)OCO3)CC1. The number of carbonyl (C=O) groups excluding carboxylic acids is 1. The first-order chi connectivity index (χ1) is 11.8. The Morgan fingerprint density at radius 3 is 2.58 bits per heavy atom. The van der Waals surface area contributed by atoms with E-state index in [-0.39, 0.29) is 12.5 Å². The van der Waals surface area contributed by atoms with Crippen LogP contribution in [0.2, 0.25) is 0 Å². The Bertz CT molecular complexity index is 711. The Balaban J connectivity index is 1.29. The summed E-state index contributed by atoms with van der Waals surface area (Å²) in [7, 11) is 0. The molecule has 126 valence electrons. The van der Waals surface area contributed by atoms with Gasteiger partial charge in [-0.2, -0.15) is 15.0 Å². The highest BCUT2D eigenvalue weighted by Gasteiger charge is 2.22. The summed E-state index contributed by atoms with van der Waals surface area (Å²) in [5.41, 5.74) is 1.19. The van der Waals surface area contributed by atoms with E-state index in [1.54, 1.807) is 12.4 Å². The summed E-state index contributed by atoms with van der Waals surface area (Å²) in [6, 6.07) is 6.05. The minimum Gasteiger partial charge on any atom is -0.454 e. The zero-order valence-electron chi connectivity index (χ0n) is 13.3. The number of ether oxygens (including phenoxy) is 2. The van der Waals surface area contributed by atoms with Crippen molar-refractivity contribution in [1.82, 2.24) is 24.8 Å². The van der Waals surface area contributed by atoms with Crippen LogP contribution in [-0.2, 0) is 17.9 Å². The van der Waals surface area contributed by atoms with Gasteiger partial charge in [0.15, 0.2) is 11.5 Å². The Labute approximate surface area is 139 Å². The molecule has 24 heavy (non-hydrogen) atoms. The van der Waals surface area contributed by atoms with Gasteiger partial charge >= 0.3 is 0 Å². The monoisotopic (exact) mass is 329 g/mol. The molecule has 8 nitrogen and oxygen atoms in total. The molecule has 0 bridgehead atoms. The summed E-state index contributed by atoms with van der Waals surface area (Å²) in [4.78, 5) is 17.9. The van der Waals surface area contributed by atoms with E-state index < -0.39 is 0 Å². The van der Waals surface area contributed by atoms with Gasteiger partial charge in [-0.15, -0.1) is 0 Å². The summed E-state index contributed by atoms with van der Waals surface area (Å²) in [6.07, 6.45) is 3.16. The molecule has 1 amide bonds. The summed E-state index contributed by atoms with van der Waals surface area (Å²) >= 11 is 0. The van der Waals surface area contributed by atoms with Crippen LogP contribution in [0.4, 0.5) is 0 Å². The smallest absolute Gasteiger partial charge is 0.246 e. The van der Waals surface area contributed by atoms with Crippen LogP contribution >= 0.6 is 0 Å². The van der Waals surface area contributed by atoms with Crippen molar-refractivity contribution < 1.29 is 14.3 Å². The largest absolute Gasteiger partial charge is 0.454 e. The molecule has 8 heteroatoms. The van der Waals surface area contributed by atoms with Gasteiger partial charge in [0.25, 0.3) is 0 Å². The van der Waals surface area contributed by atoms with Crippen molar-refractivity contribution in [2.75, 3.05) is 33.0 Å². The van der Waals surface area contributed by atoms with Crippen molar-refractivity contribution in [1.29, 1.82) is 0 Å². The van der Waals surface area contributed by atoms with Gasteiger partial charge in [-0.05, 0) is 17.7 Å². The number of carbonyl (C=O) groups is 1. The Kier molecular flexibility index (Phi) is 4.04. The quantitative estimate of drug-likeness (QED) is 0.806. The third-order valence-corrected chi connectivity index (χ3v) is 4.31. The molecule has 0 saturated carbocycles. The Morgan fingerprint density at radius 2 is 1.79 bits per heavy atom. The zero-order valence-corrected chi connectivity index (χ0v) is 13.3. The molecule has 2 aliphatic rings. The van der Waals surface area contributed by atoms with Crippen LogP contribution in [0.15, 0.2) is 30.6 Å². The second kappa shape index (κ2) is 6.48. The lowest BCUT2D eigenvalue weighted by atomic mass is 10.1. The second-order valence-corrected chi connectivity index (χ2v) is 5.90. The van der Waals surface area contributed by atoms with Gasteiger partial charge in [0.05, 0.1) is 12.4 Å². The van der Waals surface area contributed by atoms with Crippen molar-refractivity contribution in [2.24, 2.45) is 0 Å². The first kappa shape index (κ1) is 14.9. The second-order valence-electron chi connectivity index (χ2n) is 5.90. The molecule has 0 radical (unpaired) electrons. The third-order valence-electron chi connectivity index (χ3n) is 4.31. The summed E-state index contributed by atoms with van der Waals surface area (Å²) in [5, 5.41) is 7.95. The highest BCUT2D eigenvalue weighted by molar-refractivity contribution is 5.75. The highest BCUT2D eigenvalue weighted by atomic mass is 16.7. The molecule has 0 spiro atoms. The first-order valence-electron chi connectivity index (χ1n) is 8.01. The summed E-state index contributed by atoms with van der Waals surface area (Å²) in [6.45, 7) is 4.51. The average molecular weight is 329 g/mol. The maximum absolute atomic E-state index is 12.2. The predicted molar refractivity (Wildman–Crippen MR) is 84.4 cm³/mol. The van der Waals surface area contributed by atoms with Crippen LogP contribution in [-0.4, -0.2) is 63.7 Å². The number of nitrogens with zero attached hydrogens (tertiary/aromatic N) is 5. The van der Waals surface area contributed by atoms with Gasteiger partial charge in [-0.1, -0.05) is 6.07 Å². The van der Waals surface area contributed by atoms with Crippen LogP contribution in [0.1, 0.15) is 5.56 Å². The first-order valence-corrected chi connectivity index (χ1v) is 8.01. The van der Waals surface area contributed by atoms with Crippen LogP contribution in [0.25, 0.3) is 0 Å². The lowest BCUT2D eigenvalue weighted by Crippen LogP contribution is -2.49. The normalized spacial score (nSPS) is 17.2. The van der Waals surface area contributed by atoms with Crippen LogP contribution in [0, 0.1) is 0 Å². The summed E-state index contributed by atoms with van der Waals surface area (Å²) < 4.78 is 10.8. The molecule has 2 aromatic rings. The van der Waals surface area contributed by atoms with Gasteiger partial charge in [-0.25, -0.2) is 0 Å². The van der Waals surface area contributed by atoms with Crippen molar-refractivity contribution in [3.8, 4) is 11.5 Å². The van der Waals surface area contributed by atoms with Gasteiger partial charge in [0.2, 0.25) is 12.7 Å². The average Bonchev–Trinajstić information content (AvgIpc) is 3.26. The molecular weight excluding hydrogens is 310 g/mol. The highest BCUT2D eigenvalue weighted by Crippen LogP contribution is 2.32. The molecule has 0 aliphatic carbocycles. The van der Waals surface area contributed by atoms with Crippen LogP contribution in [0.3, 0.4) is 0 Å². The minimum atomic E-state index is 0.0638. The molecule has 1 fully saturated rings. The lowest BCUT2D eigenvalue weighted by Gasteiger charge is -2.34. The third kappa shape index (κ3) is 3.18. The Morgan fingerprint density at radius 1 is 1.04 bits per heavy atom. The molecule has 0 unspecified atom stereocenters. The lowest BCUT2D eigenvalue weighted by molar-refractivity contribution is -0.134. The van der Waals surface area contributed by atoms with Crippen molar-refractivity contribution in [3.05, 3.63) is 36.2 Å². The number of hydrogen-bond acceptors (Lipinski definition) is 6. The van der Waals surface area contributed by atoms with Crippen LogP contribution < -0.4 is 9.47 Å². The molecule has 1 aromatic heterocycles. The van der Waals surface area contributed by atoms with Crippen molar-refractivity contribution in [2.45, 2.75) is 13.1 Å². The Hall–Kier alpha value is -2.61. The fraction of sp³-hybridized carbons (Fsp3) is 0.438. The molecule has 0 atom stereocenters. The van der Waals surface area contributed by atoms with E-state index in [1.165, 1.54) is 10.4 Å².